The summed E-state index contributed by atoms with van der Waals surface area (Å²) in [6.45, 7) is 4.77. The van der Waals surface area contributed by atoms with Crippen LogP contribution in [0.5, 0.6) is 0 Å². The summed E-state index contributed by atoms with van der Waals surface area (Å²) in [6.07, 6.45) is 7.48. The molecule has 4 aromatic heterocycles. The van der Waals surface area contributed by atoms with Gasteiger partial charge in [0.2, 0.25) is 23.7 Å². The normalized spacial score (nSPS) is 21.3. The molecule has 2 fully saturated rings. The SMILES string of the molecule is Nc1nc(NC[C@H]2CC[C@@H]3CN(c4ncccn4)CCN3C2)nc2nc(-c3ccco3)nn12. The standard InChI is InChI=1S/C21H25N11O/c22-18-27-19(28-21-26-17(29-32(18)21)16-3-1-10-33-16)25-11-14-4-5-15-13-31(9-8-30(15)12-14)20-23-6-2-7-24-20/h1-3,6-7,10,14-15H,4-5,8-9,11-13H2,(H3,22,25,26,27,28,29)/t14-,15-/m1/s1. The molecule has 0 aliphatic carbocycles. The molecule has 170 valence electrons. The fourth-order valence-electron chi connectivity index (χ4n) is 4.69. The van der Waals surface area contributed by atoms with Gasteiger partial charge in [0.1, 0.15) is 0 Å². The van der Waals surface area contributed by atoms with E-state index in [0.29, 0.717) is 35.3 Å². The Morgan fingerprint density at radius 3 is 2.82 bits per heavy atom. The quantitative estimate of drug-likeness (QED) is 0.455. The average Bonchev–Trinajstić information content (AvgIpc) is 3.53. The number of rotatable bonds is 5. The lowest BCUT2D eigenvalue weighted by molar-refractivity contribution is 0.0993. The van der Waals surface area contributed by atoms with E-state index >= 15 is 0 Å². The molecule has 0 unspecified atom stereocenters. The maximum atomic E-state index is 6.10. The zero-order valence-corrected chi connectivity index (χ0v) is 18.1. The van der Waals surface area contributed by atoms with E-state index < -0.39 is 0 Å². The van der Waals surface area contributed by atoms with Gasteiger partial charge in [0.05, 0.1) is 6.26 Å². The van der Waals surface area contributed by atoms with Gasteiger partial charge in [-0.1, -0.05) is 0 Å². The van der Waals surface area contributed by atoms with Gasteiger partial charge in [-0.15, -0.1) is 5.10 Å². The first-order chi connectivity index (χ1) is 16.2. The molecule has 2 aliphatic rings. The molecule has 2 aliphatic heterocycles. The Balaban J connectivity index is 1.08. The zero-order chi connectivity index (χ0) is 22.2. The van der Waals surface area contributed by atoms with Gasteiger partial charge in [-0.2, -0.15) is 19.5 Å². The van der Waals surface area contributed by atoms with Crippen molar-refractivity contribution in [3.8, 4) is 11.6 Å². The van der Waals surface area contributed by atoms with Gasteiger partial charge in [-0.25, -0.2) is 9.97 Å². The first-order valence-corrected chi connectivity index (χ1v) is 11.2. The number of piperazine rings is 1. The molecular formula is C21H25N11O. The Morgan fingerprint density at radius 2 is 1.97 bits per heavy atom. The van der Waals surface area contributed by atoms with Gasteiger partial charge in [0.15, 0.2) is 5.76 Å². The van der Waals surface area contributed by atoms with Crippen LogP contribution < -0.4 is 16.0 Å². The van der Waals surface area contributed by atoms with Crippen LogP contribution in [0.1, 0.15) is 12.8 Å². The second-order valence-electron chi connectivity index (χ2n) is 8.50. The number of nitrogens with zero attached hydrogens (tertiary/aromatic N) is 9. The number of nitrogens with one attached hydrogen (secondary N) is 1. The van der Waals surface area contributed by atoms with E-state index in [9.17, 15) is 0 Å². The molecule has 0 spiro atoms. The number of nitrogen functional groups attached to an aromatic ring is 1. The van der Waals surface area contributed by atoms with E-state index in [4.69, 9.17) is 10.2 Å². The van der Waals surface area contributed by atoms with Crippen molar-refractivity contribution in [1.82, 2.24) is 39.4 Å². The van der Waals surface area contributed by atoms with Crippen LogP contribution in [0, 0.1) is 5.92 Å². The van der Waals surface area contributed by atoms with E-state index in [1.165, 1.54) is 4.52 Å². The van der Waals surface area contributed by atoms with Crippen molar-refractivity contribution in [2.75, 3.05) is 48.7 Å². The maximum absolute atomic E-state index is 6.10. The number of anilines is 3. The highest BCUT2D eigenvalue weighted by atomic mass is 16.3. The maximum Gasteiger partial charge on any atom is 0.259 e. The summed E-state index contributed by atoms with van der Waals surface area (Å²) in [7, 11) is 0. The minimum absolute atomic E-state index is 0.232. The van der Waals surface area contributed by atoms with Gasteiger partial charge < -0.3 is 20.4 Å². The van der Waals surface area contributed by atoms with Crippen molar-refractivity contribution in [3.05, 3.63) is 36.9 Å². The third-order valence-corrected chi connectivity index (χ3v) is 6.36. The Morgan fingerprint density at radius 1 is 1.06 bits per heavy atom. The first-order valence-electron chi connectivity index (χ1n) is 11.2. The monoisotopic (exact) mass is 447 g/mol. The molecule has 4 aromatic rings. The van der Waals surface area contributed by atoms with Crippen molar-refractivity contribution < 1.29 is 4.42 Å². The van der Waals surface area contributed by atoms with E-state index in [2.05, 4.69) is 45.1 Å². The minimum Gasteiger partial charge on any atom is -0.461 e. The van der Waals surface area contributed by atoms with E-state index in [1.54, 1.807) is 30.8 Å². The van der Waals surface area contributed by atoms with Crippen LogP contribution >= 0.6 is 0 Å². The lowest BCUT2D eigenvalue weighted by Gasteiger charge is -2.46. The minimum atomic E-state index is 0.232. The van der Waals surface area contributed by atoms with Crippen LogP contribution in [0.3, 0.4) is 0 Å². The van der Waals surface area contributed by atoms with Crippen molar-refractivity contribution in [3.63, 3.8) is 0 Å². The molecule has 0 radical (unpaired) electrons. The third-order valence-electron chi connectivity index (χ3n) is 6.36. The Labute approximate surface area is 189 Å². The highest BCUT2D eigenvalue weighted by molar-refractivity contribution is 5.52. The average molecular weight is 448 g/mol. The Bertz CT molecular complexity index is 1230. The van der Waals surface area contributed by atoms with Gasteiger partial charge in [0, 0.05) is 51.2 Å². The van der Waals surface area contributed by atoms with Gasteiger partial charge in [-0.3, -0.25) is 4.90 Å². The number of hydrogen-bond acceptors (Lipinski definition) is 11. The number of furan rings is 1. The topological polar surface area (TPSA) is 139 Å². The van der Waals surface area contributed by atoms with Crippen molar-refractivity contribution in [2.24, 2.45) is 5.92 Å². The van der Waals surface area contributed by atoms with Crippen LogP contribution in [-0.2, 0) is 0 Å². The lowest BCUT2D eigenvalue weighted by Crippen LogP contribution is -2.57. The Kier molecular flexibility index (Phi) is 4.98. The summed E-state index contributed by atoms with van der Waals surface area (Å²) >= 11 is 0. The van der Waals surface area contributed by atoms with Gasteiger partial charge >= 0.3 is 0 Å². The van der Waals surface area contributed by atoms with E-state index in [1.807, 2.05) is 6.07 Å². The third kappa shape index (κ3) is 3.93. The van der Waals surface area contributed by atoms with Crippen molar-refractivity contribution >= 4 is 23.6 Å². The predicted molar refractivity (Wildman–Crippen MR) is 122 cm³/mol. The molecule has 12 heteroatoms. The molecule has 2 atom stereocenters. The molecule has 0 bridgehead atoms. The fraction of sp³-hybridized carbons (Fsp3) is 0.429. The number of aromatic nitrogens is 7. The molecule has 6 heterocycles. The predicted octanol–water partition coefficient (Wildman–Crippen LogP) is 1.16. The molecule has 2 saturated heterocycles. The van der Waals surface area contributed by atoms with Crippen LogP contribution in [0.15, 0.2) is 41.3 Å². The number of fused-ring (bicyclic) bond motifs is 2. The van der Waals surface area contributed by atoms with Gasteiger partial charge in [0.25, 0.3) is 5.78 Å². The summed E-state index contributed by atoms with van der Waals surface area (Å²) in [6, 6.07) is 5.97. The summed E-state index contributed by atoms with van der Waals surface area (Å²) in [5.41, 5.74) is 6.10. The van der Waals surface area contributed by atoms with E-state index in [-0.39, 0.29) is 5.95 Å². The van der Waals surface area contributed by atoms with E-state index in [0.717, 1.165) is 51.5 Å². The second kappa shape index (κ2) is 8.28. The highest BCUT2D eigenvalue weighted by Gasteiger charge is 2.33. The molecule has 12 nitrogen and oxygen atoms in total. The second-order valence-corrected chi connectivity index (χ2v) is 8.50. The van der Waals surface area contributed by atoms with Crippen molar-refractivity contribution in [2.45, 2.75) is 18.9 Å². The molecule has 3 N–H and O–H groups in total. The molecule has 0 aromatic carbocycles. The van der Waals surface area contributed by atoms with Crippen LogP contribution in [-0.4, -0.2) is 78.2 Å². The van der Waals surface area contributed by atoms with Gasteiger partial charge in [-0.05, 0) is 37.0 Å². The smallest absolute Gasteiger partial charge is 0.259 e. The number of nitrogens with two attached hydrogens (primary N) is 1. The molecular weight excluding hydrogens is 422 g/mol. The molecule has 0 amide bonds. The summed E-state index contributed by atoms with van der Waals surface area (Å²) in [5, 5.41) is 7.69. The fourth-order valence-corrected chi connectivity index (χ4v) is 4.69. The summed E-state index contributed by atoms with van der Waals surface area (Å²) < 4.78 is 6.78. The van der Waals surface area contributed by atoms with Crippen LogP contribution in [0.4, 0.5) is 17.8 Å². The highest BCUT2D eigenvalue weighted by Crippen LogP contribution is 2.27. The first kappa shape index (κ1) is 19.9. The summed E-state index contributed by atoms with van der Waals surface area (Å²) in [5.74, 6) is 3.41. The largest absolute Gasteiger partial charge is 0.461 e. The molecule has 33 heavy (non-hydrogen) atoms. The number of piperidine rings is 1. The molecule has 6 rings (SSSR count). The number of hydrogen-bond donors (Lipinski definition) is 2. The van der Waals surface area contributed by atoms with Crippen LogP contribution in [0.2, 0.25) is 0 Å². The Hall–Kier alpha value is -3.80. The summed E-state index contributed by atoms with van der Waals surface area (Å²) in [4.78, 5) is 27.0. The zero-order valence-electron chi connectivity index (χ0n) is 18.1. The van der Waals surface area contributed by atoms with Crippen molar-refractivity contribution in [1.29, 1.82) is 0 Å². The molecule has 0 saturated carbocycles. The van der Waals surface area contributed by atoms with Crippen LogP contribution in [0.25, 0.3) is 17.4 Å². The lowest BCUT2D eigenvalue weighted by atomic mass is 9.91.